The standard InChI is InChI=1S/C20H23BrN2O2S/c21-15-9-7-14(8-10-15)13-26-19-17-5-1-2-6-18(17)23(20(24)22-19)12-16-4-3-11-25-16/h7-10,16H,1-6,11-13H2/t16-/m1/s1. The van der Waals surface area contributed by atoms with Gasteiger partial charge in [-0.2, -0.15) is 4.98 Å². The Hall–Kier alpha value is -1.11. The van der Waals surface area contributed by atoms with Crippen molar-refractivity contribution in [3.63, 3.8) is 0 Å². The largest absolute Gasteiger partial charge is 0.376 e. The summed E-state index contributed by atoms with van der Waals surface area (Å²) in [7, 11) is 0. The van der Waals surface area contributed by atoms with Crippen LogP contribution in [0.4, 0.5) is 0 Å². The fourth-order valence-corrected chi connectivity index (χ4v) is 5.08. The van der Waals surface area contributed by atoms with E-state index in [2.05, 4.69) is 45.2 Å². The van der Waals surface area contributed by atoms with Gasteiger partial charge in [0.25, 0.3) is 0 Å². The maximum atomic E-state index is 12.7. The van der Waals surface area contributed by atoms with E-state index in [9.17, 15) is 4.79 Å². The van der Waals surface area contributed by atoms with E-state index in [1.54, 1.807) is 11.8 Å². The molecule has 0 saturated carbocycles. The lowest BCUT2D eigenvalue weighted by atomic mass is 9.97. The van der Waals surface area contributed by atoms with Gasteiger partial charge in [-0.05, 0) is 56.2 Å². The lowest BCUT2D eigenvalue weighted by Crippen LogP contribution is -2.33. The third kappa shape index (κ3) is 4.07. The summed E-state index contributed by atoms with van der Waals surface area (Å²) in [6.07, 6.45) is 6.64. The summed E-state index contributed by atoms with van der Waals surface area (Å²) in [4.78, 5) is 17.2. The van der Waals surface area contributed by atoms with Gasteiger partial charge in [0, 0.05) is 28.1 Å². The molecular formula is C20H23BrN2O2S. The first-order valence-corrected chi connectivity index (χ1v) is 11.1. The van der Waals surface area contributed by atoms with Crippen molar-refractivity contribution in [2.24, 2.45) is 0 Å². The van der Waals surface area contributed by atoms with Gasteiger partial charge in [0.15, 0.2) is 0 Å². The number of halogens is 1. The molecule has 2 heterocycles. The number of fused-ring (bicyclic) bond motifs is 1. The molecular weight excluding hydrogens is 412 g/mol. The summed E-state index contributed by atoms with van der Waals surface area (Å²) < 4.78 is 8.73. The number of benzene rings is 1. The van der Waals surface area contributed by atoms with Crippen molar-refractivity contribution >= 4 is 27.7 Å². The molecule has 1 aliphatic heterocycles. The number of rotatable bonds is 5. The lowest BCUT2D eigenvalue weighted by molar-refractivity contribution is 0.0947. The summed E-state index contributed by atoms with van der Waals surface area (Å²) in [5.74, 6) is 0.835. The van der Waals surface area contributed by atoms with Crippen molar-refractivity contribution in [3.8, 4) is 0 Å². The van der Waals surface area contributed by atoms with Crippen molar-refractivity contribution in [1.29, 1.82) is 0 Å². The second-order valence-electron chi connectivity index (χ2n) is 6.99. The Morgan fingerprint density at radius 3 is 2.77 bits per heavy atom. The van der Waals surface area contributed by atoms with Gasteiger partial charge in [0.1, 0.15) is 5.03 Å². The molecule has 1 atom stereocenters. The third-order valence-electron chi connectivity index (χ3n) is 5.15. The maximum absolute atomic E-state index is 12.7. The Morgan fingerprint density at radius 2 is 2.00 bits per heavy atom. The molecule has 0 amide bonds. The molecule has 138 valence electrons. The second-order valence-corrected chi connectivity index (χ2v) is 8.87. The van der Waals surface area contributed by atoms with Crippen molar-refractivity contribution in [2.45, 2.75) is 62.0 Å². The first-order valence-electron chi connectivity index (χ1n) is 9.32. The molecule has 4 rings (SSSR count). The van der Waals surface area contributed by atoms with Gasteiger partial charge in [0.2, 0.25) is 0 Å². The molecule has 2 aliphatic rings. The van der Waals surface area contributed by atoms with Gasteiger partial charge in [-0.25, -0.2) is 4.79 Å². The molecule has 2 aromatic rings. The Balaban J connectivity index is 1.59. The van der Waals surface area contributed by atoms with Crippen molar-refractivity contribution < 1.29 is 4.74 Å². The van der Waals surface area contributed by atoms with Crippen LogP contribution in [0.2, 0.25) is 0 Å². The van der Waals surface area contributed by atoms with Gasteiger partial charge < -0.3 is 4.74 Å². The summed E-state index contributed by atoms with van der Waals surface area (Å²) in [5.41, 5.74) is 3.62. The highest BCUT2D eigenvalue weighted by Crippen LogP contribution is 2.31. The third-order valence-corrected chi connectivity index (χ3v) is 6.77. The van der Waals surface area contributed by atoms with Crippen LogP contribution < -0.4 is 5.69 Å². The van der Waals surface area contributed by atoms with E-state index >= 15 is 0 Å². The normalized spacial score (nSPS) is 19.5. The van der Waals surface area contributed by atoms with Gasteiger partial charge in [-0.15, -0.1) is 11.8 Å². The average Bonchev–Trinajstić information content (AvgIpc) is 3.17. The Kier molecular flexibility index (Phi) is 5.81. The van der Waals surface area contributed by atoms with E-state index in [4.69, 9.17) is 4.74 Å². The molecule has 4 nitrogen and oxygen atoms in total. The number of hydrogen-bond acceptors (Lipinski definition) is 4. The molecule has 0 bridgehead atoms. The van der Waals surface area contributed by atoms with E-state index in [0.29, 0.717) is 6.54 Å². The molecule has 1 aromatic carbocycles. The fraction of sp³-hybridized carbons (Fsp3) is 0.500. The van der Waals surface area contributed by atoms with Crippen LogP contribution in [-0.2, 0) is 29.9 Å². The number of hydrogen-bond donors (Lipinski definition) is 0. The molecule has 6 heteroatoms. The zero-order valence-corrected chi connectivity index (χ0v) is 17.2. The SMILES string of the molecule is O=c1nc(SCc2ccc(Br)cc2)c2c(n1C[C@H]1CCCO1)CCCC2. The molecule has 0 spiro atoms. The van der Waals surface area contributed by atoms with Crippen molar-refractivity contribution in [3.05, 3.63) is 56.0 Å². The molecule has 1 fully saturated rings. The molecule has 0 radical (unpaired) electrons. The highest BCUT2D eigenvalue weighted by Gasteiger charge is 2.24. The van der Waals surface area contributed by atoms with Gasteiger partial charge in [-0.3, -0.25) is 4.57 Å². The van der Waals surface area contributed by atoms with Crippen molar-refractivity contribution in [1.82, 2.24) is 9.55 Å². The van der Waals surface area contributed by atoms with E-state index in [-0.39, 0.29) is 11.8 Å². The van der Waals surface area contributed by atoms with Crippen LogP contribution in [0.1, 0.15) is 42.5 Å². The highest BCUT2D eigenvalue weighted by atomic mass is 79.9. The minimum absolute atomic E-state index is 0.112. The topological polar surface area (TPSA) is 44.1 Å². The number of thioether (sulfide) groups is 1. The van der Waals surface area contributed by atoms with E-state index in [1.807, 2.05) is 4.57 Å². The van der Waals surface area contributed by atoms with Gasteiger partial charge in [0.05, 0.1) is 12.6 Å². The Morgan fingerprint density at radius 1 is 1.19 bits per heavy atom. The summed E-state index contributed by atoms with van der Waals surface area (Å²) in [5, 5.41) is 0.927. The number of aromatic nitrogens is 2. The maximum Gasteiger partial charge on any atom is 0.348 e. The Labute approximate surface area is 166 Å². The van der Waals surface area contributed by atoms with Crippen LogP contribution in [0, 0.1) is 0 Å². The highest BCUT2D eigenvalue weighted by molar-refractivity contribution is 9.10. The van der Waals surface area contributed by atoms with Gasteiger partial charge in [-0.1, -0.05) is 28.1 Å². The van der Waals surface area contributed by atoms with E-state index in [1.165, 1.54) is 23.2 Å². The van der Waals surface area contributed by atoms with Crippen LogP contribution in [-0.4, -0.2) is 22.3 Å². The van der Waals surface area contributed by atoms with Gasteiger partial charge >= 0.3 is 5.69 Å². The van der Waals surface area contributed by atoms with E-state index < -0.39 is 0 Å². The second kappa shape index (κ2) is 8.28. The van der Waals surface area contributed by atoms with Crippen LogP contribution in [0.5, 0.6) is 0 Å². The minimum atomic E-state index is -0.112. The lowest BCUT2D eigenvalue weighted by Gasteiger charge is -2.24. The fourth-order valence-electron chi connectivity index (χ4n) is 3.78. The summed E-state index contributed by atoms with van der Waals surface area (Å²) in [6.45, 7) is 1.47. The summed E-state index contributed by atoms with van der Waals surface area (Å²) in [6, 6.07) is 8.33. The van der Waals surface area contributed by atoms with E-state index in [0.717, 1.165) is 54.0 Å². The average molecular weight is 435 g/mol. The molecule has 26 heavy (non-hydrogen) atoms. The van der Waals surface area contributed by atoms with Crippen LogP contribution in [0.3, 0.4) is 0 Å². The first kappa shape index (κ1) is 18.3. The Bertz CT molecular complexity index is 829. The predicted octanol–water partition coefficient (Wildman–Crippen LogP) is 4.36. The van der Waals surface area contributed by atoms with Crippen LogP contribution in [0.15, 0.2) is 38.6 Å². The molecule has 1 saturated heterocycles. The monoisotopic (exact) mass is 434 g/mol. The van der Waals surface area contributed by atoms with Crippen molar-refractivity contribution in [2.75, 3.05) is 6.61 Å². The minimum Gasteiger partial charge on any atom is -0.376 e. The molecule has 0 unspecified atom stereocenters. The quantitative estimate of drug-likeness (QED) is 0.517. The molecule has 1 aromatic heterocycles. The molecule has 0 N–H and O–H groups in total. The first-order chi connectivity index (χ1) is 12.7. The smallest absolute Gasteiger partial charge is 0.348 e. The van der Waals surface area contributed by atoms with Crippen LogP contribution in [0.25, 0.3) is 0 Å². The summed E-state index contributed by atoms with van der Waals surface area (Å²) >= 11 is 5.16. The number of nitrogens with zero attached hydrogens (tertiary/aromatic N) is 2. The molecule has 1 aliphatic carbocycles. The van der Waals surface area contributed by atoms with Crippen LogP contribution >= 0.6 is 27.7 Å². The zero-order valence-electron chi connectivity index (χ0n) is 14.7. The zero-order chi connectivity index (χ0) is 17.9. The number of ether oxygens (including phenoxy) is 1. The predicted molar refractivity (Wildman–Crippen MR) is 108 cm³/mol.